The summed E-state index contributed by atoms with van der Waals surface area (Å²) in [6.07, 6.45) is 0. The van der Waals surface area contributed by atoms with E-state index in [-0.39, 0.29) is 0 Å². The molecular formula is C17H27N3. The third kappa shape index (κ3) is 2.62. The SMILES string of the molecule is CC1CN(C2CNC2)C(C)C(C)N1Cc1ccccc1. The van der Waals surface area contributed by atoms with E-state index >= 15 is 0 Å². The van der Waals surface area contributed by atoms with Gasteiger partial charge in [-0.3, -0.25) is 9.80 Å². The normalized spacial score (nSPS) is 33.0. The van der Waals surface area contributed by atoms with E-state index in [1.807, 2.05) is 0 Å². The van der Waals surface area contributed by atoms with Crippen molar-refractivity contribution in [2.24, 2.45) is 0 Å². The number of nitrogens with zero attached hydrogens (tertiary/aromatic N) is 2. The van der Waals surface area contributed by atoms with Crippen molar-refractivity contribution in [3.63, 3.8) is 0 Å². The summed E-state index contributed by atoms with van der Waals surface area (Å²) in [6, 6.07) is 13.5. The Morgan fingerprint density at radius 1 is 1.05 bits per heavy atom. The second kappa shape index (κ2) is 5.84. The molecular weight excluding hydrogens is 246 g/mol. The molecule has 0 radical (unpaired) electrons. The molecule has 3 nitrogen and oxygen atoms in total. The average molecular weight is 273 g/mol. The van der Waals surface area contributed by atoms with E-state index in [1.165, 1.54) is 25.2 Å². The summed E-state index contributed by atoms with van der Waals surface area (Å²) in [4.78, 5) is 5.38. The van der Waals surface area contributed by atoms with Crippen LogP contribution in [0.15, 0.2) is 30.3 Å². The van der Waals surface area contributed by atoms with E-state index in [1.54, 1.807) is 0 Å². The first-order valence-electron chi connectivity index (χ1n) is 7.93. The molecule has 0 saturated carbocycles. The van der Waals surface area contributed by atoms with Gasteiger partial charge >= 0.3 is 0 Å². The van der Waals surface area contributed by atoms with Crippen LogP contribution in [0, 0.1) is 0 Å². The molecule has 2 fully saturated rings. The second-order valence-corrected chi connectivity index (χ2v) is 6.50. The summed E-state index contributed by atoms with van der Waals surface area (Å²) in [7, 11) is 0. The zero-order valence-electron chi connectivity index (χ0n) is 12.9. The Hall–Kier alpha value is -0.900. The van der Waals surface area contributed by atoms with Gasteiger partial charge in [-0.1, -0.05) is 30.3 Å². The summed E-state index contributed by atoms with van der Waals surface area (Å²) in [5, 5.41) is 3.40. The maximum Gasteiger partial charge on any atom is 0.0349 e. The Bertz CT molecular complexity index is 429. The molecule has 3 rings (SSSR count). The van der Waals surface area contributed by atoms with Gasteiger partial charge in [0.15, 0.2) is 0 Å². The molecule has 0 bridgehead atoms. The van der Waals surface area contributed by atoms with Gasteiger partial charge in [-0.2, -0.15) is 0 Å². The van der Waals surface area contributed by atoms with Crippen molar-refractivity contribution in [3.8, 4) is 0 Å². The van der Waals surface area contributed by atoms with Crippen LogP contribution < -0.4 is 5.32 Å². The van der Waals surface area contributed by atoms with E-state index < -0.39 is 0 Å². The Balaban J connectivity index is 1.69. The van der Waals surface area contributed by atoms with Crippen LogP contribution in [0.4, 0.5) is 0 Å². The van der Waals surface area contributed by atoms with Gasteiger partial charge in [-0.05, 0) is 26.3 Å². The minimum Gasteiger partial charge on any atom is -0.314 e. The fourth-order valence-corrected chi connectivity index (χ4v) is 3.62. The first kappa shape index (κ1) is 14.1. The van der Waals surface area contributed by atoms with Gasteiger partial charge < -0.3 is 5.32 Å². The predicted octanol–water partition coefficient (Wildman–Crippen LogP) is 1.94. The molecule has 20 heavy (non-hydrogen) atoms. The fourth-order valence-electron chi connectivity index (χ4n) is 3.62. The molecule has 2 heterocycles. The molecule has 0 spiro atoms. The van der Waals surface area contributed by atoms with Gasteiger partial charge in [0.25, 0.3) is 0 Å². The molecule has 3 heteroatoms. The highest BCUT2D eigenvalue weighted by atomic mass is 15.4. The Morgan fingerprint density at radius 2 is 1.75 bits per heavy atom. The molecule has 0 aliphatic carbocycles. The van der Waals surface area contributed by atoms with Crippen LogP contribution in [-0.2, 0) is 6.54 Å². The summed E-state index contributed by atoms with van der Waals surface area (Å²) in [5.74, 6) is 0. The lowest BCUT2D eigenvalue weighted by Crippen LogP contribution is -2.68. The average Bonchev–Trinajstić information content (AvgIpc) is 2.40. The highest BCUT2D eigenvalue weighted by Crippen LogP contribution is 2.26. The molecule has 3 atom stereocenters. The Kier molecular flexibility index (Phi) is 4.11. The fraction of sp³-hybridized carbons (Fsp3) is 0.647. The smallest absolute Gasteiger partial charge is 0.0349 e. The minimum atomic E-state index is 0.611. The second-order valence-electron chi connectivity index (χ2n) is 6.50. The molecule has 110 valence electrons. The van der Waals surface area contributed by atoms with E-state index in [0.29, 0.717) is 18.1 Å². The van der Waals surface area contributed by atoms with Crippen molar-refractivity contribution in [1.82, 2.24) is 15.1 Å². The molecule has 0 aromatic heterocycles. The third-order valence-corrected chi connectivity index (χ3v) is 5.22. The Labute approximate surface area is 123 Å². The number of nitrogens with one attached hydrogen (secondary N) is 1. The number of benzene rings is 1. The van der Waals surface area contributed by atoms with Gasteiger partial charge in [0, 0.05) is 50.3 Å². The van der Waals surface area contributed by atoms with Crippen LogP contribution in [0.2, 0.25) is 0 Å². The summed E-state index contributed by atoms with van der Waals surface area (Å²) < 4.78 is 0. The molecule has 3 unspecified atom stereocenters. The van der Waals surface area contributed by atoms with Gasteiger partial charge in [0.1, 0.15) is 0 Å². The van der Waals surface area contributed by atoms with Crippen molar-refractivity contribution in [1.29, 1.82) is 0 Å². The monoisotopic (exact) mass is 273 g/mol. The van der Waals surface area contributed by atoms with Crippen LogP contribution in [-0.4, -0.2) is 53.6 Å². The van der Waals surface area contributed by atoms with Crippen molar-refractivity contribution in [2.75, 3.05) is 19.6 Å². The molecule has 1 N–H and O–H groups in total. The predicted molar refractivity (Wildman–Crippen MR) is 83.7 cm³/mol. The lowest BCUT2D eigenvalue weighted by Gasteiger charge is -2.53. The highest BCUT2D eigenvalue weighted by Gasteiger charge is 2.39. The minimum absolute atomic E-state index is 0.611. The van der Waals surface area contributed by atoms with Gasteiger partial charge in [0.05, 0.1) is 0 Å². The van der Waals surface area contributed by atoms with E-state index in [0.717, 1.165) is 12.6 Å². The lowest BCUT2D eigenvalue weighted by molar-refractivity contribution is -0.0394. The summed E-state index contributed by atoms with van der Waals surface area (Å²) >= 11 is 0. The van der Waals surface area contributed by atoms with Gasteiger partial charge in [-0.25, -0.2) is 0 Å². The molecule has 2 aliphatic rings. The number of rotatable bonds is 3. The van der Waals surface area contributed by atoms with E-state index in [4.69, 9.17) is 0 Å². The summed E-state index contributed by atoms with van der Waals surface area (Å²) in [5.41, 5.74) is 1.43. The number of hydrogen-bond acceptors (Lipinski definition) is 3. The van der Waals surface area contributed by atoms with E-state index in [9.17, 15) is 0 Å². The maximum atomic E-state index is 3.40. The summed E-state index contributed by atoms with van der Waals surface area (Å²) in [6.45, 7) is 11.8. The molecule has 2 aliphatic heterocycles. The van der Waals surface area contributed by atoms with Gasteiger partial charge in [-0.15, -0.1) is 0 Å². The zero-order valence-corrected chi connectivity index (χ0v) is 12.9. The first-order valence-corrected chi connectivity index (χ1v) is 7.93. The van der Waals surface area contributed by atoms with E-state index in [2.05, 4.69) is 66.2 Å². The van der Waals surface area contributed by atoms with Crippen molar-refractivity contribution < 1.29 is 0 Å². The maximum absolute atomic E-state index is 3.40. The van der Waals surface area contributed by atoms with Gasteiger partial charge in [0.2, 0.25) is 0 Å². The van der Waals surface area contributed by atoms with Crippen molar-refractivity contribution in [2.45, 2.75) is 51.5 Å². The first-order chi connectivity index (χ1) is 9.66. The van der Waals surface area contributed by atoms with Crippen molar-refractivity contribution >= 4 is 0 Å². The molecule has 1 aromatic carbocycles. The molecule has 1 aromatic rings. The quantitative estimate of drug-likeness (QED) is 0.908. The molecule has 2 saturated heterocycles. The molecule has 0 amide bonds. The van der Waals surface area contributed by atoms with Crippen LogP contribution in [0.25, 0.3) is 0 Å². The largest absolute Gasteiger partial charge is 0.314 e. The standard InChI is InChI=1S/C17H27N3/c1-13-11-20(17-9-18-10-17)15(3)14(2)19(13)12-16-7-5-4-6-8-16/h4-8,13-15,17-18H,9-12H2,1-3H3. The van der Waals surface area contributed by atoms with Crippen LogP contribution in [0.3, 0.4) is 0 Å². The third-order valence-electron chi connectivity index (χ3n) is 5.22. The lowest BCUT2D eigenvalue weighted by atomic mass is 9.95. The van der Waals surface area contributed by atoms with Crippen molar-refractivity contribution in [3.05, 3.63) is 35.9 Å². The number of piperazine rings is 1. The zero-order chi connectivity index (χ0) is 14.1. The number of hydrogen-bond donors (Lipinski definition) is 1. The Morgan fingerprint density at radius 3 is 2.35 bits per heavy atom. The highest BCUT2D eigenvalue weighted by molar-refractivity contribution is 5.15. The van der Waals surface area contributed by atoms with Crippen LogP contribution >= 0.6 is 0 Å². The topological polar surface area (TPSA) is 18.5 Å². The van der Waals surface area contributed by atoms with Crippen LogP contribution in [0.5, 0.6) is 0 Å². The van der Waals surface area contributed by atoms with Crippen LogP contribution in [0.1, 0.15) is 26.3 Å².